The third-order valence-corrected chi connectivity index (χ3v) is 3.48. The summed E-state index contributed by atoms with van der Waals surface area (Å²) < 4.78 is 13.7. The smallest absolute Gasteiger partial charge is 0.126 e. The molecule has 0 spiro atoms. The first kappa shape index (κ1) is 14.5. The zero-order chi connectivity index (χ0) is 12.8. The molecule has 0 aliphatic carbocycles. The Kier molecular flexibility index (Phi) is 5.93. The maximum absolute atomic E-state index is 13.7. The minimum atomic E-state index is -0.166. The van der Waals surface area contributed by atoms with E-state index >= 15 is 0 Å². The number of hydrogen-bond acceptors (Lipinski definition) is 1. The van der Waals surface area contributed by atoms with Gasteiger partial charge in [-0.05, 0) is 42.6 Å². The van der Waals surface area contributed by atoms with Gasteiger partial charge in [0.25, 0.3) is 0 Å². The summed E-state index contributed by atoms with van der Waals surface area (Å²) >= 11 is 5.90. The molecule has 0 aliphatic heterocycles. The normalized spacial score (nSPS) is 14.6. The minimum Gasteiger partial charge on any atom is -0.314 e. The second-order valence-corrected chi connectivity index (χ2v) is 4.93. The van der Waals surface area contributed by atoms with E-state index in [1.807, 2.05) is 0 Å². The van der Waals surface area contributed by atoms with Crippen LogP contribution < -0.4 is 5.32 Å². The van der Waals surface area contributed by atoms with Gasteiger partial charge in [-0.15, -0.1) is 0 Å². The average molecular weight is 258 g/mol. The van der Waals surface area contributed by atoms with Crippen molar-refractivity contribution < 1.29 is 4.39 Å². The fourth-order valence-electron chi connectivity index (χ4n) is 1.96. The molecule has 1 aromatic carbocycles. The van der Waals surface area contributed by atoms with Gasteiger partial charge in [-0.1, -0.05) is 38.8 Å². The van der Waals surface area contributed by atoms with E-state index in [9.17, 15) is 4.39 Å². The lowest BCUT2D eigenvalue weighted by molar-refractivity contribution is 0.367. The fourth-order valence-corrected chi connectivity index (χ4v) is 2.15. The number of nitrogens with one attached hydrogen (secondary N) is 1. The van der Waals surface area contributed by atoms with Crippen molar-refractivity contribution in [3.05, 3.63) is 34.6 Å². The van der Waals surface area contributed by atoms with Crippen molar-refractivity contribution in [1.82, 2.24) is 5.32 Å². The third-order valence-electron chi connectivity index (χ3n) is 3.24. The lowest BCUT2D eigenvalue weighted by Gasteiger charge is -2.24. The van der Waals surface area contributed by atoms with Gasteiger partial charge in [0.05, 0.1) is 0 Å². The highest BCUT2D eigenvalue weighted by atomic mass is 35.5. The predicted octanol–water partition coefficient (Wildman–Crippen LogP) is 4.05. The van der Waals surface area contributed by atoms with Crippen molar-refractivity contribution in [2.24, 2.45) is 5.92 Å². The summed E-state index contributed by atoms with van der Waals surface area (Å²) in [5, 5.41) is 4.02. The number of likely N-dealkylation sites (N-methyl/N-ethyl adjacent to an activating group) is 1. The van der Waals surface area contributed by atoms with Crippen LogP contribution in [0, 0.1) is 11.7 Å². The molecule has 0 heterocycles. The van der Waals surface area contributed by atoms with Crippen LogP contribution in [0.1, 0.15) is 32.8 Å². The summed E-state index contributed by atoms with van der Waals surface area (Å²) in [4.78, 5) is 0. The van der Waals surface area contributed by atoms with Crippen LogP contribution in [0.25, 0.3) is 0 Å². The molecule has 1 aromatic rings. The third kappa shape index (κ3) is 4.29. The SMILES string of the molecule is CCNC(Cc1cc(Cl)ccc1F)C(C)CC. The van der Waals surface area contributed by atoms with Gasteiger partial charge >= 0.3 is 0 Å². The van der Waals surface area contributed by atoms with E-state index in [2.05, 4.69) is 26.1 Å². The van der Waals surface area contributed by atoms with Crippen molar-refractivity contribution in [2.45, 2.75) is 39.7 Å². The molecule has 1 N–H and O–H groups in total. The summed E-state index contributed by atoms with van der Waals surface area (Å²) in [5.41, 5.74) is 0.698. The summed E-state index contributed by atoms with van der Waals surface area (Å²) in [6, 6.07) is 5.06. The minimum absolute atomic E-state index is 0.166. The molecule has 1 rings (SSSR count). The molecule has 0 fully saturated rings. The molecule has 96 valence electrons. The Morgan fingerprint density at radius 1 is 1.35 bits per heavy atom. The zero-order valence-corrected chi connectivity index (χ0v) is 11.5. The largest absolute Gasteiger partial charge is 0.314 e. The van der Waals surface area contributed by atoms with E-state index in [0.29, 0.717) is 29.0 Å². The standard InChI is InChI=1S/C14H21ClFN/c1-4-10(3)14(17-5-2)9-11-8-12(15)6-7-13(11)16/h6-8,10,14,17H,4-5,9H2,1-3H3. The monoisotopic (exact) mass is 257 g/mol. The van der Waals surface area contributed by atoms with Gasteiger partial charge in [-0.25, -0.2) is 4.39 Å². The molecule has 2 unspecified atom stereocenters. The number of rotatable bonds is 6. The van der Waals surface area contributed by atoms with Gasteiger partial charge in [-0.2, -0.15) is 0 Å². The molecule has 0 aromatic heterocycles. The molecule has 3 heteroatoms. The van der Waals surface area contributed by atoms with Crippen LogP contribution in [0.5, 0.6) is 0 Å². The maximum atomic E-state index is 13.7. The van der Waals surface area contributed by atoms with E-state index in [1.165, 1.54) is 6.07 Å². The second kappa shape index (κ2) is 6.97. The molecule has 17 heavy (non-hydrogen) atoms. The van der Waals surface area contributed by atoms with Gasteiger partial charge in [0.1, 0.15) is 5.82 Å². The molecule has 0 saturated heterocycles. The van der Waals surface area contributed by atoms with E-state index in [0.717, 1.165) is 13.0 Å². The van der Waals surface area contributed by atoms with Crippen LogP contribution in [0.4, 0.5) is 4.39 Å². The number of benzene rings is 1. The summed E-state index contributed by atoms with van der Waals surface area (Å²) in [7, 11) is 0. The van der Waals surface area contributed by atoms with Crippen LogP contribution in [0.15, 0.2) is 18.2 Å². The van der Waals surface area contributed by atoms with Crippen molar-refractivity contribution in [3.63, 3.8) is 0 Å². The van der Waals surface area contributed by atoms with Crippen molar-refractivity contribution in [3.8, 4) is 0 Å². The first-order valence-corrected chi connectivity index (χ1v) is 6.63. The Labute approximate surface area is 108 Å². The Bertz CT molecular complexity index is 354. The summed E-state index contributed by atoms with van der Waals surface area (Å²) in [6.07, 6.45) is 1.77. The maximum Gasteiger partial charge on any atom is 0.126 e. The number of hydrogen-bond donors (Lipinski definition) is 1. The van der Waals surface area contributed by atoms with Gasteiger partial charge in [-0.3, -0.25) is 0 Å². The van der Waals surface area contributed by atoms with Crippen LogP contribution in [0.3, 0.4) is 0 Å². The molecule has 0 bridgehead atoms. The molecule has 0 radical (unpaired) electrons. The predicted molar refractivity (Wildman–Crippen MR) is 72.0 cm³/mol. The van der Waals surface area contributed by atoms with E-state index in [-0.39, 0.29) is 5.82 Å². The Morgan fingerprint density at radius 3 is 2.65 bits per heavy atom. The van der Waals surface area contributed by atoms with Gasteiger partial charge in [0.2, 0.25) is 0 Å². The Morgan fingerprint density at radius 2 is 2.06 bits per heavy atom. The van der Waals surface area contributed by atoms with Crippen LogP contribution in [-0.4, -0.2) is 12.6 Å². The van der Waals surface area contributed by atoms with E-state index < -0.39 is 0 Å². The second-order valence-electron chi connectivity index (χ2n) is 4.49. The van der Waals surface area contributed by atoms with Crippen LogP contribution in [-0.2, 0) is 6.42 Å². The molecule has 0 saturated carbocycles. The van der Waals surface area contributed by atoms with Gasteiger partial charge in [0, 0.05) is 11.1 Å². The average Bonchev–Trinajstić information content (AvgIpc) is 2.32. The van der Waals surface area contributed by atoms with Crippen LogP contribution in [0.2, 0.25) is 5.02 Å². The summed E-state index contributed by atoms with van der Waals surface area (Å²) in [5.74, 6) is 0.355. The van der Waals surface area contributed by atoms with Crippen LogP contribution >= 0.6 is 11.6 Å². The molecule has 2 atom stereocenters. The molecule has 0 aliphatic rings. The Hall–Kier alpha value is -0.600. The van der Waals surface area contributed by atoms with E-state index in [1.54, 1.807) is 12.1 Å². The lowest BCUT2D eigenvalue weighted by atomic mass is 9.93. The Balaban J connectivity index is 2.81. The van der Waals surface area contributed by atoms with Gasteiger partial charge < -0.3 is 5.32 Å². The molecule has 1 nitrogen and oxygen atoms in total. The lowest BCUT2D eigenvalue weighted by Crippen LogP contribution is -2.36. The highest BCUT2D eigenvalue weighted by molar-refractivity contribution is 6.30. The highest BCUT2D eigenvalue weighted by Gasteiger charge is 2.17. The highest BCUT2D eigenvalue weighted by Crippen LogP contribution is 2.19. The number of halogens is 2. The van der Waals surface area contributed by atoms with Crippen molar-refractivity contribution in [1.29, 1.82) is 0 Å². The molecule has 0 amide bonds. The van der Waals surface area contributed by atoms with Crippen molar-refractivity contribution >= 4 is 11.6 Å². The quantitative estimate of drug-likeness (QED) is 0.811. The zero-order valence-electron chi connectivity index (χ0n) is 10.8. The fraction of sp³-hybridized carbons (Fsp3) is 0.571. The molecular weight excluding hydrogens is 237 g/mol. The van der Waals surface area contributed by atoms with Gasteiger partial charge in [0.15, 0.2) is 0 Å². The van der Waals surface area contributed by atoms with E-state index in [4.69, 9.17) is 11.6 Å². The summed E-state index contributed by atoms with van der Waals surface area (Å²) in [6.45, 7) is 7.32. The first-order chi connectivity index (χ1) is 8.08. The topological polar surface area (TPSA) is 12.0 Å². The first-order valence-electron chi connectivity index (χ1n) is 6.25. The molecular formula is C14H21ClFN. The van der Waals surface area contributed by atoms with Crippen molar-refractivity contribution in [2.75, 3.05) is 6.54 Å².